The van der Waals surface area contributed by atoms with Gasteiger partial charge in [0.15, 0.2) is 0 Å². The maximum absolute atomic E-state index is 12.3. The van der Waals surface area contributed by atoms with Crippen LogP contribution in [0.2, 0.25) is 4.44 Å². The second-order valence-corrected chi connectivity index (χ2v) is 8.79. The average molecular weight is 371 g/mol. The van der Waals surface area contributed by atoms with Gasteiger partial charge in [-0.15, -0.1) is 0 Å². The number of carbonyl (C=O) groups is 1. The molecule has 0 atom stereocenters. The molecule has 2 radical (unpaired) electrons. The Bertz CT molecular complexity index is 531. The first-order valence-corrected chi connectivity index (χ1v) is 11.2. The molecule has 2 heteroatoms. The summed E-state index contributed by atoms with van der Waals surface area (Å²) in [7, 11) is 0. The Kier molecular flexibility index (Phi) is 6.31. The predicted molar refractivity (Wildman–Crippen MR) is 85.5 cm³/mol. The van der Waals surface area contributed by atoms with Crippen molar-refractivity contribution in [2.45, 2.75) is 28.6 Å². The summed E-state index contributed by atoms with van der Waals surface area (Å²) in [5.41, 5.74) is 2.95. The van der Waals surface area contributed by atoms with Crippen LogP contribution < -0.4 is 0 Å². The average Bonchev–Trinajstić information content (AvgIpc) is 2.52. The fourth-order valence-electron chi connectivity index (χ4n) is 2.06. The Morgan fingerprint density at radius 3 is 2.25 bits per heavy atom. The summed E-state index contributed by atoms with van der Waals surface area (Å²) in [6.45, 7) is 2.25. The van der Waals surface area contributed by atoms with Crippen LogP contribution in [0.1, 0.15) is 41.3 Å². The van der Waals surface area contributed by atoms with E-state index in [1.165, 1.54) is 27.3 Å². The summed E-state index contributed by atoms with van der Waals surface area (Å²) in [6, 6.07) is 17.7. The molecule has 0 aliphatic rings. The van der Waals surface area contributed by atoms with Crippen molar-refractivity contribution in [3.63, 3.8) is 0 Å². The number of ketones is 1. The third-order valence-corrected chi connectivity index (χ3v) is 7.19. The zero-order valence-corrected chi connectivity index (χ0v) is 14.8. The van der Waals surface area contributed by atoms with E-state index in [1.54, 1.807) is 0 Å². The van der Waals surface area contributed by atoms with Crippen molar-refractivity contribution in [3.05, 3.63) is 71.3 Å². The van der Waals surface area contributed by atoms with Crippen LogP contribution in [0.25, 0.3) is 0 Å². The molecular weight excluding hydrogens is 351 g/mol. The molecule has 0 bridgehead atoms. The van der Waals surface area contributed by atoms with E-state index in [0.29, 0.717) is 0 Å². The molecule has 0 saturated heterocycles. The number of hydrogen-bond donors (Lipinski definition) is 0. The normalized spacial score (nSPS) is 10.4. The molecule has 0 heterocycles. The topological polar surface area (TPSA) is 17.1 Å². The molecule has 0 amide bonds. The van der Waals surface area contributed by atoms with Gasteiger partial charge in [-0.1, -0.05) is 0 Å². The van der Waals surface area contributed by atoms with Gasteiger partial charge in [0.2, 0.25) is 0 Å². The molecule has 0 saturated carbocycles. The van der Waals surface area contributed by atoms with E-state index >= 15 is 0 Å². The zero-order chi connectivity index (χ0) is 14.2. The van der Waals surface area contributed by atoms with Crippen molar-refractivity contribution in [2.24, 2.45) is 0 Å². The molecule has 2 aromatic rings. The fraction of sp³-hybridized carbons (Fsp3) is 0.278. The van der Waals surface area contributed by atoms with Crippen molar-refractivity contribution in [3.8, 4) is 0 Å². The number of hydrogen-bond acceptors (Lipinski definition) is 1. The van der Waals surface area contributed by atoms with Gasteiger partial charge in [0.25, 0.3) is 0 Å². The first kappa shape index (κ1) is 15.3. The molecule has 0 unspecified atom stereocenters. The van der Waals surface area contributed by atoms with Crippen LogP contribution >= 0.6 is 0 Å². The summed E-state index contributed by atoms with van der Waals surface area (Å²) in [5, 5.41) is 0. The molecule has 2 rings (SSSR count). The molecule has 20 heavy (non-hydrogen) atoms. The molecule has 0 fully saturated rings. The van der Waals surface area contributed by atoms with Crippen LogP contribution in [0.3, 0.4) is 0 Å². The van der Waals surface area contributed by atoms with Gasteiger partial charge in [0, 0.05) is 0 Å². The first-order valence-electron chi connectivity index (χ1n) is 7.20. The summed E-state index contributed by atoms with van der Waals surface area (Å²) in [4.78, 5) is 12.3. The Labute approximate surface area is 131 Å². The van der Waals surface area contributed by atoms with Crippen LogP contribution in [-0.4, -0.2) is 26.9 Å². The Morgan fingerprint density at radius 2 is 1.60 bits per heavy atom. The van der Waals surface area contributed by atoms with E-state index in [1.807, 2.05) is 42.5 Å². The number of unbranched alkanes of at least 4 members (excludes halogenated alkanes) is 1. The van der Waals surface area contributed by atoms with Crippen LogP contribution in [0.15, 0.2) is 54.6 Å². The standard InChI is InChI=1S/C14H11O.C4H9.Sn/c1-11-7-9-13(10-8-11)14(15)12-5-3-2-4-6-12;1-3-4-2;/h2-10H,1H2;1,3-4H2,2H3;. The molecule has 0 aromatic heterocycles. The van der Waals surface area contributed by atoms with Crippen molar-refractivity contribution in [2.75, 3.05) is 0 Å². The third-order valence-electron chi connectivity index (χ3n) is 3.29. The Morgan fingerprint density at radius 1 is 0.950 bits per heavy atom. The van der Waals surface area contributed by atoms with Gasteiger partial charge < -0.3 is 0 Å². The summed E-state index contributed by atoms with van der Waals surface area (Å²) < 4.78 is 2.74. The monoisotopic (exact) mass is 372 g/mol. The van der Waals surface area contributed by atoms with Gasteiger partial charge in [0.05, 0.1) is 0 Å². The van der Waals surface area contributed by atoms with E-state index in [-0.39, 0.29) is 26.9 Å². The quantitative estimate of drug-likeness (QED) is 0.402. The van der Waals surface area contributed by atoms with Crippen LogP contribution in [-0.2, 0) is 4.44 Å². The molecule has 0 aliphatic carbocycles. The zero-order valence-electron chi connectivity index (χ0n) is 11.9. The van der Waals surface area contributed by atoms with Gasteiger partial charge in [-0.05, 0) is 0 Å². The van der Waals surface area contributed by atoms with Crippen molar-refractivity contribution in [1.29, 1.82) is 0 Å². The van der Waals surface area contributed by atoms with Gasteiger partial charge in [0.1, 0.15) is 0 Å². The third kappa shape index (κ3) is 4.48. The fourth-order valence-corrected chi connectivity index (χ4v) is 5.79. The minimum absolute atomic E-state index is 0.114. The van der Waals surface area contributed by atoms with Gasteiger partial charge >= 0.3 is 132 Å². The van der Waals surface area contributed by atoms with Gasteiger partial charge in [-0.25, -0.2) is 0 Å². The Hall–Kier alpha value is -1.09. The molecule has 0 N–H and O–H groups in total. The Balaban J connectivity index is 1.96. The van der Waals surface area contributed by atoms with Crippen LogP contribution in [0, 0.1) is 0 Å². The van der Waals surface area contributed by atoms with Crippen LogP contribution in [0.5, 0.6) is 0 Å². The van der Waals surface area contributed by atoms with E-state index in [4.69, 9.17) is 0 Å². The van der Waals surface area contributed by atoms with Crippen LogP contribution in [0.4, 0.5) is 0 Å². The predicted octanol–water partition coefficient (Wildman–Crippen LogP) is 4.34. The molecule has 2 aromatic carbocycles. The second kappa shape index (κ2) is 8.25. The SMILES string of the molecule is CCC[CH2][Sn][CH2]c1ccc(C(=O)c2ccccc2)cc1. The van der Waals surface area contributed by atoms with E-state index in [2.05, 4.69) is 19.1 Å². The molecular formula is C18H20OSn. The number of benzene rings is 2. The maximum atomic E-state index is 12.3. The summed E-state index contributed by atoms with van der Waals surface area (Å²) in [5.74, 6) is 0.114. The van der Waals surface area contributed by atoms with Crippen molar-refractivity contribution < 1.29 is 4.79 Å². The molecule has 0 aliphatic heterocycles. The molecule has 0 spiro atoms. The number of carbonyl (C=O) groups excluding carboxylic acids is 1. The summed E-state index contributed by atoms with van der Waals surface area (Å²) in [6.07, 6.45) is 2.70. The number of rotatable bonds is 7. The summed E-state index contributed by atoms with van der Waals surface area (Å²) >= 11 is -0.234. The first-order chi connectivity index (χ1) is 9.81. The van der Waals surface area contributed by atoms with Crippen molar-refractivity contribution >= 4 is 26.9 Å². The second-order valence-electron chi connectivity index (χ2n) is 4.92. The van der Waals surface area contributed by atoms with Gasteiger partial charge in [-0.3, -0.25) is 0 Å². The molecule has 102 valence electrons. The minimum atomic E-state index is -0.234. The van der Waals surface area contributed by atoms with Crippen molar-refractivity contribution in [1.82, 2.24) is 0 Å². The molecule has 1 nitrogen and oxygen atoms in total. The van der Waals surface area contributed by atoms with E-state index < -0.39 is 0 Å². The van der Waals surface area contributed by atoms with E-state index in [0.717, 1.165) is 11.1 Å². The van der Waals surface area contributed by atoms with Gasteiger partial charge in [-0.2, -0.15) is 0 Å². The van der Waals surface area contributed by atoms with E-state index in [9.17, 15) is 4.79 Å².